The SMILES string of the molecule is COc1nc(/C(Br)=C/C2CCCCC2)ccc1C1CC1. The van der Waals surface area contributed by atoms with Gasteiger partial charge < -0.3 is 4.74 Å². The summed E-state index contributed by atoms with van der Waals surface area (Å²) in [6.07, 6.45) is 11.6. The van der Waals surface area contributed by atoms with Crippen molar-refractivity contribution in [1.82, 2.24) is 4.98 Å². The first-order valence-corrected chi connectivity index (χ1v) is 8.50. The summed E-state index contributed by atoms with van der Waals surface area (Å²) in [6, 6.07) is 4.31. The fourth-order valence-electron chi connectivity index (χ4n) is 3.05. The largest absolute Gasteiger partial charge is 0.481 e. The molecule has 0 aromatic carbocycles. The van der Waals surface area contributed by atoms with Crippen LogP contribution in [0.15, 0.2) is 18.2 Å². The number of hydrogen-bond acceptors (Lipinski definition) is 2. The third kappa shape index (κ3) is 3.25. The minimum Gasteiger partial charge on any atom is -0.481 e. The van der Waals surface area contributed by atoms with Crippen molar-refractivity contribution in [3.8, 4) is 5.88 Å². The molecule has 0 spiro atoms. The van der Waals surface area contributed by atoms with Crippen LogP contribution in [0.2, 0.25) is 0 Å². The molecule has 0 radical (unpaired) electrons. The van der Waals surface area contributed by atoms with Crippen LogP contribution in [0.4, 0.5) is 0 Å². The van der Waals surface area contributed by atoms with Gasteiger partial charge in [-0.25, -0.2) is 4.98 Å². The Morgan fingerprint density at radius 1 is 1.20 bits per heavy atom. The molecule has 0 saturated heterocycles. The monoisotopic (exact) mass is 335 g/mol. The van der Waals surface area contributed by atoms with Gasteiger partial charge in [-0.05, 0) is 59.5 Å². The summed E-state index contributed by atoms with van der Waals surface area (Å²) in [4.78, 5) is 4.68. The quantitative estimate of drug-likeness (QED) is 0.746. The molecule has 3 heteroatoms. The maximum absolute atomic E-state index is 5.47. The van der Waals surface area contributed by atoms with Crippen LogP contribution < -0.4 is 4.74 Å². The number of hydrogen-bond donors (Lipinski definition) is 0. The summed E-state index contributed by atoms with van der Waals surface area (Å²) in [5.74, 6) is 2.18. The number of ether oxygens (including phenoxy) is 1. The van der Waals surface area contributed by atoms with Gasteiger partial charge in [0.2, 0.25) is 5.88 Å². The highest BCUT2D eigenvalue weighted by atomic mass is 79.9. The molecule has 1 aromatic heterocycles. The van der Waals surface area contributed by atoms with Gasteiger partial charge in [0.1, 0.15) is 0 Å². The van der Waals surface area contributed by atoms with E-state index in [1.807, 2.05) is 0 Å². The second kappa shape index (κ2) is 6.30. The van der Waals surface area contributed by atoms with Crippen molar-refractivity contribution >= 4 is 20.4 Å². The molecular formula is C17H22BrNO. The Morgan fingerprint density at radius 3 is 2.60 bits per heavy atom. The minimum absolute atomic E-state index is 0.674. The first-order valence-electron chi connectivity index (χ1n) is 7.70. The average Bonchev–Trinajstić information content (AvgIpc) is 3.32. The predicted molar refractivity (Wildman–Crippen MR) is 86.2 cm³/mol. The molecule has 1 aromatic rings. The summed E-state index contributed by atoms with van der Waals surface area (Å²) >= 11 is 3.71. The summed E-state index contributed by atoms with van der Waals surface area (Å²) in [6.45, 7) is 0. The highest BCUT2D eigenvalue weighted by Crippen LogP contribution is 2.44. The van der Waals surface area contributed by atoms with Gasteiger partial charge in [-0.2, -0.15) is 0 Å². The molecule has 1 heterocycles. The highest BCUT2D eigenvalue weighted by Gasteiger charge is 2.27. The van der Waals surface area contributed by atoms with Crippen molar-refractivity contribution in [2.75, 3.05) is 7.11 Å². The molecule has 3 rings (SSSR count). The molecule has 0 bridgehead atoms. The molecule has 0 atom stereocenters. The van der Waals surface area contributed by atoms with Gasteiger partial charge in [0, 0.05) is 10.0 Å². The Kier molecular flexibility index (Phi) is 4.45. The molecule has 108 valence electrons. The zero-order chi connectivity index (χ0) is 13.9. The lowest BCUT2D eigenvalue weighted by atomic mass is 9.89. The molecule has 2 aliphatic carbocycles. The van der Waals surface area contributed by atoms with Crippen LogP contribution in [0.25, 0.3) is 4.48 Å². The molecule has 2 nitrogen and oxygen atoms in total. The smallest absolute Gasteiger partial charge is 0.217 e. The van der Waals surface area contributed by atoms with Crippen LogP contribution >= 0.6 is 15.9 Å². The molecule has 20 heavy (non-hydrogen) atoms. The van der Waals surface area contributed by atoms with Crippen molar-refractivity contribution in [2.45, 2.75) is 50.9 Å². The van der Waals surface area contributed by atoms with E-state index < -0.39 is 0 Å². The van der Waals surface area contributed by atoms with Crippen LogP contribution in [0.1, 0.15) is 62.1 Å². The molecule has 2 fully saturated rings. The number of allylic oxidation sites excluding steroid dienone is 1. The Bertz CT molecular complexity index is 502. The lowest BCUT2D eigenvalue weighted by molar-refractivity contribution is 0.392. The van der Waals surface area contributed by atoms with Gasteiger partial charge in [0.05, 0.1) is 12.8 Å². The van der Waals surface area contributed by atoms with Gasteiger partial charge in [-0.15, -0.1) is 0 Å². The number of pyridine rings is 1. The molecule has 2 aliphatic rings. The van der Waals surface area contributed by atoms with Crippen molar-refractivity contribution in [3.63, 3.8) is 0 Å². The number of nitrogens with zero attached hydrogens (tertiary/aromatic N) is 1. The van der Waals surface area contributed by atoms with E-state index in [2.05, 4.69) is 39.1 Å². The number of methoxy groups -OCH3 is 1. The van der Waals surface area contributed by atoms with E-state index in [-0.39, 0.29) is 0 Å². The summed E-state index contributed by atoms with van der Waals surface area (Å²) in [5.41, 5.74) is 2.27. The topological polar surface area (TPSA) is 22.1 Å². The number of halogens is 1. The fourth-order valence-corrected chi connectivity index (χ4v) is 3.64. The molecule has 0 N–H and O–H groups in total. The number of rotatable bonds is 4. The van der Waals surface area contributed by atoms with E-state index in [0.29, 0.717) is 11.8 Å². The maximum atomic E-state index is 5.47. The molecular weight excluding hydrogens is 314 g/mol. The van der Waals surface area contributed by atoms with E-state index in [4.69, 9.17) is 4.74 Å². The van der Waals surface area contributed by atoms with E-state index in [1.165, 1.54) is 50.5 Å². The standard InChI is InChI=1S/C17H22BrNO/c1-20-17-14(13-7-8-13)9-10-16(19-17)15(18)11-12-5-3-2-4-6-12/h9-13H,2-8H2,1H3/b15-11-. The van der Waals surface area contributed by atoms with Crippen molar-refractivity contribution in [3.05, 3.63) is 29.5 Å². The molecule has 0 aliphatic heterocycles. The van der Waals surface area contributed by atoms with Crippen molar-refractivity contribution in [1.29, 1.82) is 0 Å². The molecule has 0 amide bonds. The third-order valence-corrected chi connectivity index (χ3v) is 5.05. The second-order valence-electron chi connectivity index (χ2n) is 5.98. The van der Waals surface area contributed by atoms with E-state index in [9.17, 15) is 0 Å². The minimum atomic E-state index is 0.674. The summed E-state index contributed by atoms with van der Waals surface area (Å²) < 4.78 is 6.58. The predicted octanol–water partition coefficient (Wildman–Crippen LogP) is 5.28. The Hall–Kier alpha value is -0.830. The van der Waals surface area contributed by atoms with Crippen molar-refractivity contribution < 1.29 is 4.74 Å². The van der Waals surface area contributed by atoms with Crippen LogP contribution in [0.5, 0.6) is 5.88 Å². The Morgan fingerprint density at radius 2 is 1.95 bits per heavy atom. The summed E-state index contributed by atoms with van der Waals surface area (Å²) in [5, 5.41) is 0. The normalized spacial score (nSPS) is 21.0. The van der Waals surface area contributed by atoms with Crippen LogP contribution in [-0.4, -0.2) is 12.1 Å². The van der Waals surface area contributed by atoms with Crippen LogP contribution in [0.3, 0.4) is 0 Å². The zero-order valence-electron chi connectivity index (χ0n) is 12.1. The van der Waals surface area contributed by atoms with Crippen LogP contribution in [0, 0.1) is 5.92 Å². The lowest BCUT2D eigenvalue weighted by Gasteiger charge is -2.18. The van der Waals surface area contributed by atoms with Gasteiger partial charge >= 0.3 is 0 Å². The maximum Gasteiger partial charge on any atom is 0.217 e. The number of aromatic nitrogens is 1. The van der Waals surface area contributed by atoms with Gasteiger partial charge in [0.15, 0.2) is 0 Å². The first-order chi connectivity index (χ1) is 9.78. The van der Waals surface area contributed by atoms with Gasteiger partial charge in [-0.1, -0.05) is 31.4 Å². The Labute approximate surface area is 129 Å². The van der Waals surface area contributed by atoms with Crippen LogP contribution in [-0.2, 0) is 0 Å². The summed E-state index contributed by atoms with van der Waals surface area (Å²) in [7, 11) is 1.72. The van der Waals surface area contributed by atoms with E-state index >= 15 is 0 Å². The van der Waals surface area contributed by atoms with Gasteiger partial charge in [-0.3, -0.25) is 0 Å². The zero-order valence-corrected chi connectivity index (χ0v) is 13.7. The highest BCUT2D eigenvalue weighted by molar-refractivity contribution is 9.15. The third-order valence-electron chi connectivity index (χ3n) is 4.38. The van der Waals surface area contributed by atoms with E-state index in [1.54, 1.807) is 7.11 Å². The Balaban J connectivity index is 1.79. The molecule has 0 unspecified atom stereocenters. The fraction of sp³-hybridized carbons (Fsp3) is 0.588. The molecule has 2 saturated carbocycles. The van der Waals surface area contributed by atoms with Crippen molar-refractivity contribution in [2.24, 2.45) is 5.92 Å². The second-order valence-corrected chi connectivity index (χ2v) is 6.84. The average molecular weight is 336 g/mol. The van der Waals surface area contributed by atoms with Gasteiger partial charge in [0.25, 0.3) is 0 Å². The lowest BCUT2D eigenvalue weighted by Crippen LogP contribution is -2.03. The van der Waals surface area contributed by atoms with E-state index in [0.717, 1.165) is 16.1 Å². The first kappa shape index (κ1) is 14.1.